The molecule has 0 saturated carbocycles. The van der Waals surface area contributed by atoms with Crippen LogP contribution in [0.2, 0.25) is 5.02 Å². The lowest BCUT2D eigenvalue weighted by Crippen LogP contribution is -2.34. The number of amides is 1. The Labute approximate surface area is 216 Å². The normalized spacial score (nSPS) is 10.8. The summed E-state index contributed by atoms with van der Waals surface area (Å²) in [6, 6.07) is 39.5. The Kier molecular flexibility index (Phi) is 7.25. The zero-order valence-corrected chi connectivity index (χ0v) is 20.6. The van der Waals surface area contributed by atoms with Gasteiger partial charge in [-0.3, -0.25) is 4.79 Å². The number of hydrogen-bond donors (Lipinski definition) is 0. The van der Waals surface area contributed by atoms with Crippen LogP contribution in [0.5, 0.6) is 0 Å². The van der Waals surface area contributed by atoms with Gasteiger partial charge in [0.2, 0.25) is 0 Å². The molecule has 0 aliphatic rings. The molecular weight excluding hydrogens is 466 g/mol. The summed E-state index contributed by atoms with van der Waals surface area (Å²) >= 11 is 6.14. The van der Waals surface area contributed by atoms with Crippen LogP contribution in [0.1, 0.15) is 21.6 Å². The van der Waals surface area contributed by atoms with Crippen molar-refractivity contribution < 1.29 is 4.79 Å². The summed E-state index contributed by atoms with van der Waals surface area (Å²) in [4.78, 5) is 16.0. The number of hydrogen-bond acceptors (Lipinski definition) is 2. The summed E-state index contributed by atoms with van der Waals surface area (Å²) in [6.45, 7) is 1.10. The molecule has 0 unspecified atom stereocenters. The Morgan fingerprint density at radius 3 is 1.97 bits per heavy atom. The van der Waals surface area contributed by atoms with Crippen molar-refractivity contribution in [1.29, 1.82) is 0 Å². The lowest BCUT2D eigenvalue weighted by Gasteiger charge is -2.23. The summed E-state index contributed by atoms with van der Waals surface area (Å²) in [5.74, 6) is -0.0700. The summed E-state index contributed by atoms with van der Waals surface area (Å²) < 4.78 is 1.72. The number of halogens is 1. The summed E-state index contributed by atoms with van der Waals surface area (Å²) in [5.41, 5.74) is 5.28. The fourth-order valence-corrected chi connectivity index (χ4v) is 4.32. The van der Waals surface area contributed by atoms with E-state index in [1.165, 1.54) is 5.56 Å². The number of aromatic nitrogens is 2. The molecule has 0 fully saturated rings. The van der Waals surface area contributed by atoms with Crippen molar-refractivity contribution in [2.24, 2.45) is 0 Å². The summed E-state index contributed by atoms with van der Waals surface area (Å²) in [7, 11) is 0. The molecule has 5 aromatic rings. The maximum absolute atomic E-state index is 14.1. The van der Waals surface area contributed by atoms with Gasteiger partial charge < -0.3 is 4.90 Å². The minimum atomic E-state index is -0.0700. The second-order valence-corrected chi connectivity index (χ2v) is 9.05. The van der Waals surface area contributed by atoms with Crippen molar-refractivity contribution in [1.82, 2.24) is 14.7 Å². The van der Waals surface area contributed by atoms with Gasteiger partial charge in [0, 0.05) is 23.7 Å². The molecule has 0 aliphatic carbocycles. The van der Waals surface area contributed by atoms with Crippen LogP contribution in [0.15, 0.2) is 121 Å². The molecule has 0 N–H and O–H groups in total. The minimum Gasteiger partial charge on any atom is -0.333 e. The van der Waals surface area contributed by atoms with E-state index in [4.69, 9.17) is 16.7 Å². The molecule has 1 amide bonds. The van der Waals surface area contributed by atoms with Crippen LogP contribution in [-0.4, -0.2) is 27.1 Å². The highest BCUT2D eigenvalue weighted by atomic mass is 35.5. The Balaban J connectivity index is 1.53. The van der Waals surface area contributed by atoms with E-state index in [0.717, 1.165) is 28.9 Å². The molecule has 0 aliphatic heterocycles. The van der Waals surface area contributed by atoms with Crippen LogP contribution in [0.4, 0.5) is 0 Å². The van der Waals surface area contributed by atoms with Crippen molar-refractivity contribution >= 4 is 17.5 Å². The molecular formula is C31H26ClN3O. The van der Waals surface area contributed by atoms with Crippen LogP contribution in [0.3, 0.4) is 0 Å². The standard InChI is InChI=1S/C31H26ClN3O/c32-27-16-18-28(19-17-27)35-30(22-29(33-35)26-14-8-3-9-15-26)31(36)34(23-25-12-6-2-7-13-25)21-20-24-10-4-1-5-11-24/h1-19,22H,20-21,23H2. The van der Waals surface area contributed by atoms with Crippen LogP contribution in [0.25, 0.3) is 16.9 Å². The van der Waals surface area contributed by atoms with E-state index in [1.807, 2.05) is 102 Å². The third-order valence-corrected chi connectivity index (χ3v) is 6.34. The van der Waals surface area contributed by atoms with Crippen molar-refractivity contribution in [3.63, 3.8) is 0 Å². The molecule has 1 heterocycles. The second-order valence-electron chi connectivity index (χ2n) is 8.62. The molecule has 0 atom stereocenters. The van der Waals surface area contributed by atoms with Crippen molar-refractivity contribution in [3.8, 4) is 16.9 Å². The minimum absolute atomic E-state index is 0.0700. The van der Waals surface area contributed by atoms with Crippen LogP contribution in [-0.2, 0) is 13.0 Å². The van der Waals surface area contributed by atoms with Gasteiger partial charge in [0.1, 0.15) is 5.69 Å². The van der Waals surface area contributed by atoms with Gasteiger partial charge in [-0.05, 0) is 47.9 Å². The van der Waals surface area contributed by atoms with E-state index in [-0.39, 0.29) is 5.91 Å². The van der Waals surface area contributed by atoms with Gasteiger partial charge in [0.25, 0.3) is 5.91 Å². The lowest BCUT2D eigenvalue weighted by atomic mass is 10.1. The quantitative estimate of drug-likeness (QED) is 0.232. The van der Waals surface area contributed by atoms with E-state index >= 15 is 0 Å². The van der Waals surface area contributed by atoms with E-state index < -0.39 is 0 Å². The summed E-state index contributed by atoms with van der Waals surface area (Å²) in [6.07, 6.45) is 0.764. The Morgan fingerprint density at radius 2 is 1.33 bits per heavy atom. The van der Waals surface area contributed by atoms with E-state index in [1.54, 1.807) is 4.68 Å². The topological polar surface area (TPSA) is 38.1 Å². The molecule has 0 radical (unpaired) electrons. The van der Waals surface area contributed by atoms with Gasteiger partial charge in [0.15, 0.2) is 0 Å². The highest BCUT2D eigenvalue weighted by Crippen LogP contribution is 2.24. The SMILES string of the molecule is O=C(c1cc(-c2ccccc2)nn1-c1ccc(Cl)cc1)N(CCc1ccccc1)Cc1ccccc1. The van der Waals surface area contributed by atoms with Crippen LogP contribution >= 0.6 is 11.6 Å². The zero-order chi connectivity index (χ0) is 24.7. The van der Waals surface area contributed by atoms with Crippen LogP contribution in [0, 0.1) is 0 Å². The maximum Gasteiger partial charge on any atom is 0.272 e. The molecule has 36 heavy (non-hydrogen) atoms. The first-order valence-electron chi connectivity index (χ1n) is 12.0. The first-order chi connectivity index (χ1) is 17.7. The van der Waals surface area contributed by atoms with E-state index in [0.29, 0.717) is 23.8 Å². The molecule has 0 bridgehead atoms. The van der Waals surface area contributed by atoms with Gasteiger partial charge >= 0.3 is 0 Å². The zero-order valence-electron chi connectivity index (χ0n) is 19.8. The van der Waals surface area contributed by atoms with E-state index in [2.05, 4.69) is 24.3 Å². The maximum atomic E-state index is 14.1. The Hall–Kier alpha value is -4.15. The van der Waals surface area contributed by atoms with Gasteiger partial charge in [-0.1, -0.05) is 103 Å². The average molecular weight is 492 g/mol. The first-order valence-corrected chi connectivity index (χ1v) is 12.3. The predicted octanol–water partition coefficient (Wildman–Crippen LogP) is 7.08. The largest absolute Gasteiger partial charge is 0.333 e. The van der Waals surface area contributed by atoms with Crippen molar-refractivity contribution in [3.05, 3.63) is 143 Å². The molecule has 4 aromatic carbocycles. The fourth-order valence-electron chi connectivity index (χ4n) is 4.19. The Bertz CT molecular complexity index is 1420. The Morgan fingerprint density at radius 1 is 0.750 bits per heavy atom. The van der Waals surface area contributed by atoms with Crippen LogP contribution < -0.4 is 0 Å². The van der Waals surface area contributed by atoms with Crippen molar-refractivity contribution in [2.75, 3.05) is 6.54 Å². The number of rotatable bonds is 8. The number of benzene rings is 4. The fraction of sp³-hybridized carbons (Fsp3) is 0.0968. The number of carbonyl (C=O) groups is 1. The molecule has 0 saturated heterocycles. The molecule has 1 aromatic heterocycles. The molecule has 5 heteroatoms. The monoisotopic (exact) mass is 491 g/mol. The predicted molar refractivity (Wildman–Crippen MR) is 145 cm³/mol. The molecule has 4 nitrogen and oxygen atoms in total. The highest BCUT2D eigenvalue weighted by molar-refractivity contribution is 6.30. The van der Waals surface area contributed by atoms with E-state index in [9.17, 15) is 4.79 Å². The van der Waals surface area contributed by atoms with Gasteiger partial charge in [-0.15, -0.1) is 0 Å². The third kappa shape index (κ3) is 5.56. The average Bonchev–Trinajstić information content (AvgIpc) is 3.38. The number of carbonyl (C=O) groups excluding carboxylic acids is 1. The molecule has 5 rings (SSSR count). The second kappa shape index (κ2) is 11.1. The van der Waals surface area contributed by atoms with Gasteiger partial charge in [-0.2, -0.15) is 5.10 Å². The third-order valence-electron chi connectivity index (χ3n) is 6.09. The highest BCUT2D eigenvalue weighted by Gasteiger charge is 2.23. The van der Waals surface area contributed by atoms with Crippen molar-refractivity contribution in [2.45, 2.75) is 13.0 Å². The lowest BCUT2D eigenvalue weighted by molar-refractivity contribution is 0.0736. The van der Waals surface area contributed by atoms with Gasteiger partial charge in [-0.25, -0.2) is 4.68 Å². The number of nitrogens with zero attached hydrogens (tertiary/aromatic N) is 3. The first kappa shape index (κ1) is 23.6. The summed E-state index contributed by atoms with van der Waals surface area (Å²) in [5, 5.41) is 5.47. The smallest absolute Gasteiger partial charge is 0.272 e. The molecule has 0 spiro atoms. The molecule has 178 valence electrons. The van der Waals surface area contributed by atoms with Gasteiger partial charge in [0.05, 0.1) is 11.4 Å².